The Morgan fingerprint density at radius 2 is 2.24 bits per heavy atom. The van der Waals surface area contributed by atoms with Crippen molar-refractivity contribution in [3.63, 3.8) is 0 Å². The van der Waals surface area contributed by atoms with E-state index in [1.54, 1.807) is 0 Å². The quantitative estimate of drug-likeness (QED) is 0.843. The Hall–Kier alpha value is -1.55. The summed E-state index contributed by atoms with van der Waals surface area (Å²) in [6.07, 6.45) is 2.08. The Labute approximate surface area is 100 Å². The molecular weight excluding hydrogens is 214 g/mol. The van der Waals surface area contributed by atoms with Crippen molar-refractivity contribution >= 4 is 17.0 Å². The highest BCUT2D eigenvalue weighted by atomic mass is 16.3. The van der Waals surface area contributed by atoms with Crippen LogP contribution in [0, 0.1) is 5.92 Å². The molecule has 0 radical (unpaired) electrons. The van der Waals surface area contributed by atoms with Gasteiger partial charge in [-0.15, -0.1) is 0 Å². The monoisotopic (exact) mass is 231 g/mol. The Balaban J connectivity index is 1.77. The normalized spacial score (nSPS) is 17.3. The number of hydrogen-bond donors (Lipinski definition) is 2. The smallest absolute Gasteiger partial charge is 0.203 e. The number of aryl methyl sites for hydroxylation is 1. The van der Waals surface area contributed by atoms with Gasteiger partial charge in [-0.1, -0.05) is 12.1 Å². The molecule has 0 spiro atoms. The number of rotatable bonds is 4. The number of aliphatic hydroxyl groups is 1. The van der Waals surface area contributed by atoms with Gasteiger partial charge in [0.1, 0.15) is 0 Å². The van der Waals surface area contributed by atoms with E-state index in [0.29, 0.717) is 12.5 Å². The van der Waals surface area contributed by atoms with Gasteiger partial charge in [-0.2, -0.15) is 0 Å². The van der Waals surface area contributed by atoms with Crippen molar-refractivity contribution in [2.45, 2.75) is 18.9 Å². The lowest BCUT2D eigenvalue weighted by Crippen LogP contribution is -2.22. The highest BCUT2D eigenvalue weighted by molar-refractivity contribution is 5.78. The van der Waals surface area contributed by atoms with Crippen molar-refractivity contribution in [1.29, 1.82) is 0 Å². The number of nitrogens with one attached hydrogen (secondary N) is 1. The zero-order valence-corrected chi connectivity index (χ0v) is 9.93. The average Bonchev–Trinajstić information content (AvgIpc) is 3.14. The molecule has 2 N–H and O–H groups in total. The summed E-state index contributed by atoms with van der Waals surface area (Å²) in [5.74, 6) is 1.32. The van der Waals surface area contributed by atoms with Crippen molar-refractivity contribution in [2.75, 3.05) is 11.9 Å². The second kappa shape index (κ2) is 4.04. The van der Waals surface area contributed by atoms with Gasteiger partial charge >= 0.3 is 0 Å². The fourth-order valence-corrected chi connectivity index (χ4v) is 2.15. The van der Waals surface area contributed by atoms with E-state index in [2.05, 4.69) is 10.3 Å². The van der Waals surface area contributed by atoms with Crippen LogP contribution in [0.25, 0.3) is 11.0 Å². The maximum atomic E-state index is 9.82. The van der Waals surface area contributed by atoms with E-state index >= 15 is 0 Å². The summed E-state index contributed by atoms with van der Waals surface area (Å²) in [5.41, 5.74) is 2.09. The lowest BCUT2D eigenvalue weighted by atomic mass is 10.2. The van der Waals surface area contributed by atoms with Gasteiger partial charge in [0.15, 0.2) is 0 Å². The lowest BCUT2D eigenvalue weighted by Gasteiger charge is -2.11. The van der Waals surface area contributed by atoms with E-state index < -0.39 is 0 Å². The number of imidazole rings is 1. The number of anilines is 1. The second-order valence-corrected chi connectivity index (χ2v) is 4.77. The third-order valence-corrected chi connectivity index (χ3v) is 3.42. The summed E-state index contributed by atoms with van der Waals surface area (Å²) in [7, 11) is 1.99. The maximum Gasteiger partial charge on any atom is 0.203 e. The summed E-state index contributed by atoms with van der Waals surface area (Å²) in [5, 5.41) is 13.0. The number of para-hydroxylation sites is 2. The van der Waals surface area contributed by atoms with E-state index in [9.17, 15) is 5.11 Å². The Morgan fingerprint density at radius 3 is 2.94 bits per heavy atom. The van der Waals surface area contributed by atoms with E-state index in [0.717, 1.165) is 29.8 Å². The molecule has 90 valence electrons. The summed E-state index contributed by atoms with van der Waals surface area (Å²) in [4.78, 5) is 4.50. The molecule has 1 unspecified atom stereocenters. The van der Waals surface area contributed by atoms with Crippen LogP contribution in [0.2, 0.25) is 0 Å². The maximum absolute atomic E-state index is 9.82. The van der Waals surface area contributed by atoms with Crippen LogP contribution < -0.4 is 5.32 Å². The van der Waals surface area contributed by atoms with Crippen LogP contribution in [-0.2, 0) is 7.05 Å². The van der Waals surface area contributed by atoms with Crippen molar-refractivity contribution < 1.29 is 5.11 Å². The molecule has 1 aliphatic rings. The van der Waals surface area contributed by atoms with E-state index in [1.165, 1.54) is 0 Å². The number of benzene rings is 1. The largest absolute Gasteiger partial charge is 0.391 e. The molecule has 0 aliphatic heterocycles. The standard InChI is InChI=1S/C13H17N3O/c1-16-11-5-3-2-4-10(11)15-13(16)14-8-12(17)9-6-7-9/h2-5,9,12,17H,6-8H2,1H3,(H,14,15). The first-order valence-corrected chi connectivity index (χ1v) is 6.09. The summed E-state index contributed by atoms with van der Waals surface area (Å²) < 4.78 is 2.02. The highest BCUT2D eigenvalue weighted by Crippen LogP contribution is 2.32. The first-order chi connectivity index (χ1) is 8.25. The molecule has 0 bridgehead atoms. The first kappa shape index (κ1) is 10.6. The minimum absolute atomic E-state index is 0.241. The molecule has 1 aromatic carbocycles. The molecule has 4 nitrogen and oxygen atoms in total. The Kier molecular flexibility index (Phi) is 2.52. The molecule has 3 rings (SSSR count). The van der Waals surface area contributed by atoms with E-state index in [4.69, 9.17) is 0 Å². The fraction of sp³-hybridized carbons (Fsp3) is 0.462. The van der Waals surface area contributed by atoms with Crippen LogP contribution in [0.5, 0.6) is 0 Å². The SMILES string of the molecule is Cn1c(NCC(O)C2CC2)nc2ccccc21. The second-order valence-electron chi connectivity index (χ2n) is 4.77. The number of aliphatic hydroxyl groups excluding tert-OH is 1. The van der Waals surface area contributed by atoms with Gasteiger partial charge in [0, 0.05) is 13.6 Å². The molecular formula is C13H17N3O. The van der Waals surface area contributed by atoms with Crippen LogP contribution in [0.15, 0.2) is 24.3 Å². The molecule has 2 aromatic rings. The zero-order chi connectivity index (χ0) is 11.8. The lowest BCUT2D eigenvalue weighted by molar-refractivity contribution is 0.164. The van der Waals surface area contributed by atoms with Gasteiger partial charge in [-0.05, 0) is 30.9 Å². The summed E-state index contributed by atoms with van der Waals surface area (Å²) in [6.45, 7) is 0.585. The molecule has 1 aliphatic carbocycles. The van der Waals surface area contributed by atoms with Crippen molar-refractivity contribution in [1.82, 2.24) is 9.55 Å². The molecule has 4 heteroatoms. The minimum Gasteiger partial charge on any atom is -0.391 e. The van der Waals surface area contributed by atoms with Crippen molar-refractivity contribution in [3.05, 3.63) is 24.3 Å². The third kappa shape index (κ3) is 2.00. The minimum atomic E-state index is -0.241. The number of fused-ring (bicyclic) bond motifs is 1. The molecule has 0 amide bonds. The van der Waals surface area contributed by atoms with E-state index in [1.807, 2.05) is 35.9 Å². The van der Waals surface area contributed by atoms with Crippen molar-refractivity contribution in [2.24, 2.45) is 13.0 Å². The summed E-state index contributed by atoms with van der Waals surface area (Å²) >= 11 is 0. The van der Waals surface area contributed by atoms with Gasteiger partial charge < -0.3 is 15.0 Å². The summed E-state index contributed by atoms with van der Waals surface area (Å²) in [6, 6.07) is 8.04. The Bertz CT molecular complexity index is 530. The van der Waals surface area contributed by atoms with E-state index in [-0.39, 0.29) is 6.10 Å². The predicted octanol–water partition coefficient (Wildman–Crippen LogP) is 1.76. The van der Waals surface area contributed by atoms with Gasteiger partial charge in [-0.3, -0.25) is 0 Å². The molecule has 1 heterocycles. The Morgan fingerprint density at radius 1 is 1.47 bits per heavy atom. The fourth-order valence-electron chi connectivity index (χ4n) is 2.15. The third-order valence-electron chi connectivity index (χ3n) is 3.42. The van der Waals surface area contributed by atoms with Crippen LogP contribution in [0.1, 0.15) is 12.8 Å². The van der Waals surface area contributed by atoms with Gasteiger partial charge in [-0.25, -0.2) is 4.98 Å². The van der Waals surface area contributed by atoms with Gasteiger partial charge in [0.25, 0.3) is 0 Å². The molecule has 17 heavy (non-hydrogen) atoms. The van der Waals surface area contributed by atoms with Gasteiger partial charge in [0.05, 0.1) is 17.1 Å². The average molecular weight is 231 g/mol. The predicted molar refractivity (Wildman–Crippen MR) is 67.9 cm³/mol. The van der Waals surface area contributed by atoms with Crippen LogP contribution in [-0.4, -0.2) is 27.3 Å². The van der Waals surface area contributed by atoms with Crippen LogP contribution >= 0.6 is 0 Å². The number of aromatic nitrogens is 2. The number of hydrogen-bond acceptors (Lipinski definition) is 3. The first-order valence-electron chi connectivity index (χ1n) is 6.09. The highest BCUT2D eigenvalue weighted by Gasteiger charge is 2.29. The zero-order valence-electron chi connectivity index (χ0n) is 9.93. The molecule has 1 atom stereocenters. The van der Waals surface area contributed by atoms with Crippen LogP contribution in [0.3, 0.4) is 0 Å². The molecule has 1 aromatic heterocycles. The van der Waals surface area contributed by atoms with Gasteiger partial charge in [0.2, 0.25) is 5.95 Å². The molecule has 0 saturated heterocycles. The number of nitrogens with zero attached hydrogens (tertiary/aromatic N) is 2. The van der Waals surface area contributed by atoms with Crippen molar-refractivity contribution in [3.8, 4) is 0 Å². The van der Waals surface area contributed by atoms with Crippen LogP contribution in [0.4, 0.5) is 5.95 Å². The molecule has 1 fully saturated rings. The molecule has 1 saturated carbocycles. The topological polar surface area (TPSA) is 50.1 Å².